The minimum atomic E-state index is -3.22. The highest BCUT2D eigenvalue weighted by Gasteiger charge is 2.08. The summed E-state index contributed by atoms with van der Waals surface area (Å²) in [5, 5.41) is 0. The molecule has 0 aromatic carbocycles. The highest BCUT2D eigenvalue weighted by Crippen LogP contribution is 2.11. The number of rotatable bonds is 5. The van der Waals surface area contributed by atoms with Gasteiger partial charge in [-0.3, -0.25) is 9.78 Å². The Bertz CT molecular complexity index is 483. The molecule has 5 nitrogen and oxygen atoms in total. The largest absolute Gasteiger partial charge is 0.370 e. The molecule has 1 aromatic heterocycles. The van der Waals surface area contributed by atoms with Crippen LogP contribution in [0.3, 0.4) is 0 Å². The molecular formula is C10H14N2O3S. The van der Waals surface area contributed by atoms with Crippen LogP contribution in [0.4, 0.5) is 0 Å². The highest BCUT2D eigenvalue weighted by atomic mass is 32.2. The van der Waals surface area contributed by atoms with Crippen molar-refractivity contribution in [3.05, 3.63) is 24.0 Å². The van der Waals surface area contributed by atoms with Crippen LogP contribution in [0.2, 0.25) is 0 Å². The summed E-state index contributed by atoms with van der Waals surface area (Å²) in [5.74, 6) is -0.354. The van der Waals surface area contributed by atoms with Crippen molar-refractivity contribution < 1.29 is 13.2 Å². The van der Waals surface area contributed by atoms with Crippen molar-refractivity contribution in [3.8, 4) is 0 Å². The zero-order valence-corrected chi connectivity index (χ0v) is 9.83. The molecule has 16 heavy (non-hydrogen) atoms. The lowest BCUT2D eigenvalue weighted by atomic mass is 10.1. The maximum atomic E-state index is 11.3. The molecule has 1 heterocycles. The van der Waals surface area contributed by atoms with Gasteiger partial charge < -0.3 is 5.73 Å². The zero-order chi connectivity index (χ0) is 12.2. The van der Waals surface area contributed by atoms with Gasteiger partial charge in [0, 0.05) is 25.1 Å². The van der Waals surface area contributed by atoms with Crippen LogP contribution in [-0.4, -0.2) is 25.6 Å². The van der Waals surface area contributed by atoms with Gasteiger partial charge in [-0.1, -0.05) is 0 Å². The van der Waals surface area contributed by atoms with Gasteiger partial charge in [-0.2, -0.15) is 0 Å². The number of primary amides is 1. The average molecular weight is 242 g/mol. The summed E-state index contributed by atoms with van der Waals surface area (Å²) in [5.41, 5.74) is 5.80. The number of aryl methyl sites for hydroxylation is 1. The van der Waals surface area contributed by atoms with Gasteiger partial charge in [0.05, 0.1) is 4.90 Å². The van der Waals surface area contributed by atoms with Crippen molar-refractivity contribution in [1.29, 1.82) is 0 Å². The zero-order valence-electron chi connectivity index (χ0n) is 9.01. The number of nitrogens with two attached hydrogens (primary N) is 1. The van der Waals surface area contributed by atoms with E-state index in [1.807, 2.05) is 0 Å². The van der Waals surface area contributed by atoms with Crippen LogP contribution in [0.15, 0.2) is 23.4 Å². The van der Waals surface area contributed by atoms with Gasteiger partial charge >= 0.3 is 0 Å². The van der Waals surface area contributed by atoms with Crippen LogP contribution in [0.5, 0.6) is 0 Å². The SMILES string of the molecule is CS(=O)(=O)c1cncc(CCCC(N)=O)c1. The van der Waals surface area contributed by atoms with E-state index < -0.39 is 9.84 Å². The van der Waals surface area contributed by atoms with Crippen molar-refractivity contribution >= 4 is 15.7 Å². The summed E-state index contributed by atoms with van der Waals surface area (Å²) in [7, 11) is -3.22. The predicted octanol–water partition coefficient (Wildman–Crippen LogP) is 0.293. The first-order valence-corrected chi connectivity index (χ1v) is 6.71. The standard InChI is InChI=1S/C10H14N2O3S/c1-16(14,15)9-5-8(6-12-7-9)3-2-4-10(11)13/h5-7H,2-4H2,1H3,(H2,11,13). The predicted molar refractivity (Wildman–Crippen MR) is 59.5 cm³/mol. The lowest BCUT2D eigenvalue weighted by molar-refractivity contribution is -0.118. The summed E-state index contributed by atoms with van der Waals surface area (Å²) in [6, 6.07) is 1.57. The molecule has 0 unspecified atom stereocenters. The topological polar surface area (TPSA) is 90.1 Å². The summed E-state index contributed by atoms with van der Waals surface area (Å²) in [6.45, 7) is 0. The van der Waals surface area contributed by atoms with Crippen LogP contribution in [-0.2, 0) is 21.1 Å². The molecule has 0 saturated carbocycles. The molecule has 0 spiro atoms. The molecule has 0 aliphatic heterocycles. The van der Waals surface area contributed by atoms with Crippen LogP contribution in [0.1, 0.15) is 18.4 Å². The van der Waals surface area contributed by atoms with E-state index in [1.54, 1.807) is 12.3 Å². The van der Waals surface area contributed by atoms with E-state index in [0.29, 0.717) is 19.3 Å². The van der Waals surface area contributed by atoms with Gasteiger partial charge in [0.1, 0.15) is 0 Å². The normalized spacial score (nSPS) is 11.3. The van der Waals surface area contributed by atoms with Gasteiger partial charge in [0.2, 0.25) is 5.91 Å². The first kappa shape index (κ1) is 12.6. The summed E-state index contributed by atoms with van der Waals surface area (Å²) in [4.78, 5) is 14.6. The molecule has 1 aromatic rings. The number of aromatic nitrogens is 1. The monoisotopic (exact) mass is 242 g/mol. The summed E-state index contributed by atoms with van der Waals surface area (Å²) >= 11 is 0. The van der Waals surface area contributed by atoms with E-state index in [9.17, 15) is 13.2 Å². The molecule has 88 valence electrons. The molecule has 1 rings (SSSR count). The first-order valence-electron chi connectivity index (χ1n) is 4.82. The second-order valence-corrected chi connectivity index (χ2v) is 5.64. The smallest absolute Gasteiger partial charge is 0.217 e. The Hall–Kier alpha value is -1.43. The molecule has 0 bridgehead atoms. The van der Waals surface area contributed by atoms with Crippen LogP contribution >= 0.6 is 0 Å². The van der Waals surface area contributed by atoms with Gasteiger partial charge in [0.15, 0.2) is 9.84 Å². The minimum absolute atomic E-state index is 0.198. The van der Waals surface area contributed by atoms with E-state index in [0.717, 1.165) is 11.8 Å². The Balaban J connectivity index is 2.72. The summed E-state index contributed by atoms with van der Waals surface area (Å²) < 4.78 is 22.5. The maximum Gasteiger partial charge on any atom is 0.217 e. The lowest BCUT2D eigenvalue weighted by Gasteiger charge is -2.02. The van der Waals surface area contributed by atoms with Crippen LogP contribution in [0, 0.1) is 0 Å². The molecule has 6 heteroatoms. The van der Waals surface area contributed by atoms with Crippen molar-refractivity contribution in [2.75, 3.05) is 6.26 Å². The highest BCUT2D eigenvalue weighted by molar-refractivity contribution is 7.90. The van der Waals surface area contributed by atoms with E-state index in [1.165, 1.54) is 6.20 Å². The number of hydrogen-bond acceptors (Lipinski definition) is 4. The molecule has 1 amide bonds. The van der Waals surface area contributed by atoms with E-state index in [2.05, 4.69) is 4.98 Å². The maximum absolute atomic E-state index is 11.3. The molecule has 0 radical (unpaired) electrons. The Morgan fingerprint density at radius 1 is 1.44 bits per heavy atom. The number of nitrogens with zero attached hydrogens (tertiary/aromatic N) is 1. The third-order valence-electron chi connectivity index (χ3n) is 2.09. The van der Waals surface area contributed by atoms with Crippen LogP contribution < -0.4 is 5.73 Å². The van der Waals surface area contributed by atoms with Gasteiger partial charge in [-0.15, -0.1) is 0 Å². The summed E-state index contributed by atoms with van der Waals surface area (Å²) in [6.07, 6.45) is 5.53. The van der Waals surface area contributed by atoms with Gasteiger partial charge in [-0.05, 0) is 24.5 Å². The fraction of sp³-hybridized carbons (Fsp3) is 0.400. The Morgan fingerprint density at radius 2 is 2.12 bits per heavy atom. The Kier molecular flexibility index (Phi) is 4.00. The fourth-order valence-electron chi connectivity index (χ4n) is 1.27. The van der Waals surface area contributed by atoms with E-state index >= 15 is 0 Å². The number of hydrogen-bond donors (Lipinski definition) is 1. The van der Waals surface area contributed by atoms with Crippen molar-refractivity contribution in [1.82, 2.24) is 4.98 Å². The number of pyridine rings is 1. The van der Waals surface area contributed by atoms with Crippen LogP contribution in [0.25, 0.3) is 0 Å². The number of sulfone groups is 1. The molecule has 0 fully saturated rings. The number of carbonyl (C=O) groups is 1. The molecule has 0 aliphatic rings. The van der Waals surface area contributed by atoms with E-state index in [4.69, 9.17) is 5.73 Å². The quantitative estimate of drug-likeness (QED) is 0.803. The van der Waals surface area contributed by atoms with Crippen molar-refractivity contribution in [2.24, 2.45) is 5.73 Å². The Labute approximate surface area is 94.6 Å². The van der Waals surface area contributed by atoms with Gasteiger partial charge in [0.25, 0.3) is 0 Å². The van der Waals surface area contributed by atoms with Crippen molar-refractivity contribution in [3.63, 3.8) is 0 Å². The second kappa shape index (κ2) is 5.07. The fourth-order valence-corrected chi connectivity index (χ4v) is 1.89. The lowest BCUT2D eigenvalue weighted by Crippen LogP contribution is -2.10. The molecule has 0 saturated heterocycles. The minimum Gasteiger partial charge on any atom is -0.370 e. The third-order valence-corrected chi connectivity index (χ3v) is 3.17. The average Bonchev–Trinajstić information content (AvgIpc) is 2.16. The number of amides is 1. The molecule has 2 N–H and O–H groups in total. The second-order valence-electron chi connectivity index (χ2n) is 3.62. The third kappa shape index (κ3) is 3.98. The number of carbonyl (C=O) groups excluding carboxylic acids is 1. The van der Waals surface area contributed by atoms with Crippen molar-refractivity contribution in [2.45, 2.75) is 24.2 Å². The Morgan fingerprint density at radius 3 is 2.69 bits per heavy atom. The van der Waals surface area contributed by atoms with Gasteiger partial charge in [-0.25, -0.2) is 8.42 Å². The first-order chi connectivity index (χ1) is 7.39. The molecule has 0 aliphatic carbocycles. The van der Waals surface area contributed by atoms with E-state index in [-0.39, 0.29) is 10.8 Å². The molecular weight excluding hydrogens is 228 g/mol. The molecule has 0 atom stereocenters.